The van der Waals surface area contributed by atoms with Crippen molar-refractivity contribution in [3.05, 3.63) is 20.8 Å². The molecule has 22 heavy (non-hydrogen) atoms. The van der Waals surface area contributed by atoms with Gasteiger partial charge in [-0.2, -0.15) is 4.98 Å². The van der Waals surface area contributed by atoms with Gasteiger partial charge in [-0.25, -0.2) is 4.79 Å². The number of aryl methyl sites for hydroxylation is 2. The summed E-state index contributed by atoms with van der Waals surface area (Å²) < 4.78 is 10.1. The fraction of sp³-hybridized carbons (Fsp3) is 0.667. The van der Waals surface area contributed by atoms with Crippen LogP contribution < -0.4 is 16.0 Å². The van der Waals surface area contributed by atoms with Gasteiger partial charge in [0.05, 0.1) is 0 Å². The Hall–Kier alpha value is -2.05. The standard InChI is InChI=1S/C15H22N4O3/c1-9-5-7-10(8-6-9)22-14-16-12-11(17(14)2)13(20)19(4)15(21)18(12)3/h9-10H,5-8H2,1-4H3. The van der Waals surface area contributed by atoms with Gasteiger partial charge >= 0.3 is 5.69 Å². The van der Waals surface area contributed by atoms with Crippen LogP contribution in [0.3, 0.4) is 0 Å². The monoisotopic (exact) mass is 306 g/mol. The SMILES string of the molecule is CC1CCC(Oc2nc3c(c(=O)n(C)c(=O)n3C)n2C)CC1. The Balaban J connectivity index is 2.04. The Morgan fingerprint density at radius 1 is 1.00 bits per heavy atom. The van der Waals surface area contributed by atoms with E-state index < -0.39 is 0 Å². The van der Waals surface area contributed by atoms with Crippen LogP contribution in [-0.4, -0.2) is 24.8 Å². The van der Waals surface area contributed by atoms with Crippen molar-refractivity contribution in [2.24, 2.45) is 27.1 Å². The normalized spacial score (nSPS) is 22.2. The molecule has 0 saturated heterocycles. The summed E-state index contributed by atoms with van der Waals surface area (Å²) in [7, 11) is 4.84. The highest BCUT2D eigenvalue weighted by molar-refractivity contribution is 5.71. The van der Waals surface area contributed by atoms with E-state index in [9.17, 15) is 9.59 Å². The molecule has 2 heterocycles. The molecule has 0 spiro atoms. The lowest BCUT2D eigenvalue weighted by Gasteiger charge is -2.26. The van der Waals surface area contributed by atoms with Gasteiger partial charge in [-0.15, -0.1) is 0 Å². The number of imidazole rings is 1. The van der Waals surface area contributed by atoms with Gasteiger partial charge in [0.15, 0.2) is 11.2 Å². The molecule has 0 bridgehead atoms. The third-order valence-corrected chi connectivity index (χ3v) is 4.67. The van der Waals surface area contributed by atoms with Crippen molar-refractivity contribution in [2.45, 2.75) is 38.7 Å². The lowest BCUT2D eigenvalue weighted by Crippen LogP contribution is -2.37. The molecule has 0 atom stereocenters. The second-order valence-corrected chi connectivity index (χ2v) is 6.33. The number of aromatic nitrogens is 4. The molecular formula is C15H22N4O3. The van der Waals surface area contributed by atoms with E-state index in [2.05, 4.69) is 11.9 Å². The highest BCUT2D eigenvalue weighted by Gasteiger charge is 2.23. The molecule has 0 amide bonds. The van der Waals surface area contributed by atoms with Gasteiger partial charge in [0, 0.05) is 21.1 Å². The van der Waals surface area contributed by atoms with Crippen LogP contribution in [0.25, 0.3) is 11.2 Å². The summed E-state index contributed by atoms with van der Waals surface area (Å²) in [5.41, 5.74) is 0.0346. The van der Waals surface area contributed by atoms with Gasteiger partial charge in [0.25, 0.3) is 11.6 Å². The van der Waals surface area contributed by atoms with E-state index in [0.29, 0.717) is 17.2 Å². The van der Waals surface area contributed by atoms with Crippen molar-refractivity contribution >= 4 is 11.2 Å². The first-order chi connectivity index (χ1) is 10.4. The lowest BCUT2D eigenvalue weighted by atomic mass is 9.89. The van der Waals surface area contributed by atoms with E-state index in [-0.39, 0.29) is 17.4 Å². The molecule has 0 aromatic carbocycles. The fourth-order valence-corrected chi connectivity index (χ4v) is 3.10. The lowest BCUT2D eigenvalue weighted by molar-refractivity contribution is 0.121. The maximum atomic E-state index is 12.3. The van der Waals surface area contributed by atoms with Crippen molar-refractivity contribution in [1.82, 2.24) is 18.7 Å². The van der Waals surface area contributed by atoms with Gasteiger partial charge in [-0.05, 0) is 31.6 Å². The summed E-state index contributed by atoms with van der Waals surface area (Å²) in [6, 6.07) is 0.410. The van der Waals surface area contributed by atoms with Gasteiger partial charge < -0.3 is 4.74 Å². The quantitative estimate of drug-likeness (QED) is 0.827. The Morgan fingerprint density at radius 3 is 2.27 bits per heavy atom. The topological polar surface area (TPSA) is 71.1 Å². The zero-order valence-electron chi connectivity index (χ0n) is 13.5. The van der Waals surface area contributed by atoms with Crippen LogP contribution in [0.15, 0.2) is 9.59 Å². The first kappa shape index (κ1) is 14.9. The van der Waals surface area contributed by atoms with E-state index in [0.717, 1.165) is 36.2 Å². The zero-order chi connectivity index (χ0) is 16.0. The Morgan fingerprint density at radius 2 is 1.64 bits per heavy atom. The number of hydrogen-bond donors (Lipinski definition) is 0. The van der Waals surface area contributed by atoms with Crippen LogP contribution in [0, 0.1) is 5.92 Å². The maximum absolute atomic E-state index is 12.3. The van der Waals surface area contributed by atoms with Gasteiger partial charge in [0.2, 0.25) is 0 Å². The Kier molecular flexibility index (Phi) is 3.58. The van der Waals surface area contributed by atoms with E-state index in [1.807, 2.05) is 0 Å². The third-order valence-electron chi connectivity index (χ3n) is 4.67. The summed E-state index contributed by atoms with van der Waals surface area (Å²) in [6.07, 6.45) is 4.43. The highest BCUT2D eigenvalue weighted by atomic mass is 16.5. The molecule has 7 nitrogen and oxygen atoms in total. The zero-order valence-corrected chi connectivity index (χ0v) is 13.5. The average molecular weight is 306 g/mol. The molecule has 2 aromatic rings. The summed E-state index contributed by atoms with van der Waals surface area (Å²) in [5.74, 6) is 0.744. The van der Waals surface area contributed by atoms with Crippen LogP contribution in [0.2, 0.25) is 0 Å². The number of rotatable bonds is 2. The van der Waals surface area contributed by atoms with E-state index in [1.165, 1.54) is 11.6 Å². The molecule has 1 saturated carbocycles. The van der Waals surface area contributed by atoms with E-state index >= 15 is 0 Å². The molecule has 0 N–H and O–H groups in total. The summed E-state index contributed by atoms with van der Waals surface area (Å²) in [6.45, 7) is 2.25. The minimum Gasteiger partial charge on any atom is -0.461 e. The van der Waals surface area contributed by atoms with Crippen molar-refractivity contribution in [2.75, 3.05) is 0 Å². The molecule has 2 aromatic heterocycles. The molecule has 3 rings (SSSR count). The smallest absolute Gasteiger partial charge is 0.332 e. The molecule has 1 fully saturated rings. The largest absolute Gasteiger partial charge is 0.461 e. The van der Waals surface area contributed by atoms with Crippen LogP contribution >= 0.6 is 0 Å². The summed E-state index contributed by atoms with van der Waals surface area (Å²) >= 11 is 0. The first-order valence-electron chi connectivity index (χ1n) is 7.69. The van der Waals surface area contributed by atoms with Crippen molar-refractivity contribution in [1.29, 1.82) is 0 Å². The number of nitrogens with zero attached hydrogens (tertiary/aromatic N) is 4. The van der Waals surface area contributed by atoms with Crippen LogP contribution in [-0.2, 0) is 21.1 Å². The number of ether oxygens (including phenoxy) is 1. The minimum atomic E-state index is -0.381. The van der Waals surface area contributed by atoms with Crippen molar-refractivity contribution in [3.63, 3.8) is 0 Å². The first-order valence-corrected chi connectivity index (χ1v) is 7.69. The molecule has 0 unspecified atom stereocenters. The fourth-order valence-electron chi connectivity index (χ4n) is 3.10. The van der Waals surface area contributed by atoms with Gasteiger partial charge in [-0.3, -0.25) is 18.5 Å². The molecule has 0 aliphatic heterocycles. The third kappa shape index (κ3) is 2.24. The molecule has 120 valence electrons. The van der Waals surface area contributed by atoms with E-state index in [1.54, 1.807) is 18.7 Å². The predicted molar refractivity (Wildman–Crippen MR) is 83.2 cm³/mol. The van der Waals surface area contributed by atoms with Crippen molar-refractivity contribution < 1.29 is 4.74 Å². The van der Waals surface area contributed by atoms with Crippen LogP contribution in [0.5, 0.6) is 6.01 Å². The van der Waals surface area contributed by atoms with Gasteiger partial charge in [0.1, 0.15) is 6.10 Å². The maximum Gasteiger partial charge on any atom is 0.332 e. The second-order valence-electron chi connectivity index (χ2n) is 6.33. The second kappa shape index (κ2) is 5.30. The predicted octanol–water partition coefficient (Wildman–Crippen LogP) is 0.928. The average Bonchev–Trinajstić information content (AvgIpc) is 2.82. The molecule has 1 aliphatic rings. The molecular weight excluding hydrogens is 284 g/mol. The summed E-state index contributed by atoms with van der Waals surface area (Å²) in [4.78, 5) is 28.7. The minimum absolute atomic E-state index is 0.132. The Bertz CT molecular complexity index is 822. The molecule has 7 heteroatoms. The summed E-state index contributed by atoms with van der Waals surface area (Å²) in [5, 5.41) is 0. The van der Waals surface area contributed by atoms with Crippen LogP contribution in [0.1, 0.15) is 32.6 Å². The van der Waals surface area contributed by atoms with Crippen LogP contribution in [0.4, 0.5) is 0 Å². The Labute approximate surface area is 128 Å². The molecule has 0 radical (unpaired) electrons. The number of fused-ring (bicyclic) bond motifs is 1. The molecule has 1 aliphatic carbocycles. The highest BCUT2D eigenvalue weighted by Crippen LogP contribution is 2.27. The van der Waals surface area contributed by atoms with E-state index in [4.69, 9.17) is 4.74 Å². The van der Waals surface area contributed by atoms with Crippen molar-refractivity contribution in [3.8, 4) is 6.01 Å². The number of hydrogen-bond acceptors (Lipinski definition) is 4. The van der Waals surface area contributed by atoms with Gasteiger partial charge in [-0.1, -0.05) is 6.92 Å².